The predicted molar refractivity (Wildman–Crippen MR) is 66.5 cm³/mol. The first kappa shape index (κ1) is 13.4. The van der Waals surface area contributed by atoms with E-state index >= 15 is 0 Å². The fraction of sp³-hybridized carbons (Fsp3) is 0.786. The van der Waals surface area contributed by atoms with Crippen LogP contribution in [0.3, 0.4) is 0 Å². The minimum atomic E-state index is -0.170. The van der Waals surface area contributed by atoms with Crippen LogP contribution in [-0.4, -0.2) is 18.5 Å². The van der Waals surface area contributed by atoms with Crippen molar-refractivity contribution in [1.82, 2.24) is 0 Å². The summed E-state index contributed by atoms with van der Waals surface area (Å²) in [5.74, 6) is 0.360. The zero-order valence-electron chi connectivity index (χ0n) is 10.8. The van der Waals surface area contributed by atoms with Gasteiger partial charge in [0.2, 0.25) is 0 Å². The molecule has 1 rings (SSSR count). The van der Waals surface area contributed by atoms with Crippen molar-refractivity contribution < 1.29 is 9.53 Å². The maximum absolute atomic E-state index is 11.8. The van der Waals surface area contributed by atoms with Crippen LogP contribution < -0.4 is 0 Å². The smallest absolute Gasteiger partial charge is 0.137 e. The van der Waals surface area contributed by atoms with Crippen LogP contribution in [0.1, 0.15) is 58.8 Å². The summed E-state index contributed by atoms with van der Waals surface area (Å²) < 4.78 is 5.31. The van der Waals surface area contributed by atoms with E-state index in [2.05, 4.69) is 6.08 Å². The number of ether oxygens (including phenoxy) is 1. The number of allylic oxidation sites excluding steroid dienone is 2. The first-order valence-corrected chi connectivity index (χ1v) is 6.28. The molecule has 0 bridgehead atoms. The van der Waals surface area contributed by atoms with Gasteiger partial charge in [-0.15, -0.1) is 0 Å². The van der Waals surface area contributed by atoms with Crippen molar-refractivity contribution in [3.05, 3.63) is 11.6 Å². The number of methoxy groups -OCH3 is 1. The third kappa shape index (κ3) is 4.93. The standard InChI is InChI=1S/C14H24O2/c1-14(2,16-3)10-9-13(15)11-12-7-5-4-6-8-12/h7H,4-6,8-11H2,1-3H3. The van der Waals surface area contributed by atoms with Gasteiger partial charge in [0.1, 0.15) is 5.78 Å². The van der Waals surface area contributed by atoms with Crippen LogP contribution >= 0.6 is 0 Å². The van der Waals surface area contributed by atoms with Crippen LogP contribution in [0.4, 0.5) is 0 Å². The molecule has 0 aromatic rings. The van der Waals surface area contributed by atoms with Gasteiger partial charge < -0.3 is 4.74 Å². The second-order valence-electron chi connectivity index (χ2n) is 5.29. The molecule has 0 saturated heterocycles. The molecule has 0 aliphatic heterocycles. The van der Waals surface area contributed by atoms with E-state index in [-0.39, 0.29) is 5.60 Å². The zero-order valence-corrected chi connectivity index (χ0v) is 10.8. The van der Waals surface area contributed by atoms with Gasteiger partial charge in [-0.25, -0.2) is 0 Å². The first-order valence-electron chi connectivity index (χ1n) is 6.28. The third-order valence-corrected chi connectivity index (χ3v) is 3.37. The van der Waals surface area contributed by atoms with Gasteiger partial charge in [0, 0.05) is 20.0 Å². The molecule has 0 saturated carbocycles. The summed E-state index contributed by atoms with van der Waals surface area (Å²) in [6.45, 7) is 4.06. The van der Waals surface area contributed by atoms with Gasteiger partial charge in [-0.2, -0.15) is 0 Å². The molecule has 0 amide bonds. The SMILES string of the molecule is COC(C)(C)CCC(=O)CC1=CCCCC1. The number of hydrogen-bond acceptors (Lipinski definition) is 2. The minimum Gasteiger partial charge on any atom is -0.379 e. The van der Waals surface area contributed by atoms with Crippen molar-refractivity contribution in [2.45, 2.75) is 64.4 Å². The average Bonchev–Trinajstić information content (AvgIpc) is 2.28. The highest BCUT2D eigenvalue weighted by Gasteiger charge is 2.18. The van der Waals surface area contributed by atoms with E-state index in [0.717, 1.165) is 19.3 Å². The second kappa shape index (κ2) is 6.19. The summed E-state index contributed by atoms with van der Waals surface area (Å²) in [6, 6.07) is 0. The lowest BCUT2D eigenvalue weighted by Gasteiger charge is -2.22. The molecular formula is C14H24O2. The molecule has 2 heteroatoms. The first-order chi connectivity index (χ1) is 7.53. The molecule has 0 aromatic heterocycles. The number of hydrogen-bond donors (Lipinski definition) is 0. The van der Waals surface area contributed by atoms with Crippen molar-refractivity contribution in [2.24, 2.45) is 0 Å². The van der Waals surface area contributed by atoms with Crippen molar-refractivity contribution in [3.63, 3.8) is 0 Å². The Bertz CT molecular complexity index is 264. The Morgan fingerprint density at radius 2 is 2.19 bits per heavy atom. The van der Waals surface area contributed by atoms with E-state index < -0.39 is 0 Å². The molecule has 16 heavy (non-hydrogen) atoms. The van der Waals surface area contributed by atoms with Crippen LogP contribution in [0.15, 0.2) is 11.6 Å². The van der Waals surface area contributed by atoms with Crippen molar-refractivity contribution in [2.75, 3.05) is 7.11 Å². The van der Waals surface area contributed by atoms with Gasteiger partial charge in [-0.1, -0.05) is 11.6 Å². The molecule has 0 fully saturated rings. The van der Waals surface area contributed by atoms with Crippen LogP contribution in [0, 0.1) is 0 Å². The second-order valence-corrected chi connectivity index (χ2v) is 5.29. The van der Waals surface area contributed by atoms with Gasteiger partial charge in [-0.05, 0) is 46.0 Å². The molecule has 2 nitrogen and oxygen atoms in total. The highest BCUT2D eigenvalue weighted by atomic mass is 16.5. The van der Waals surface area contributed by atoms with Gasteiger partial charge in [0.05, 0.1) is 5.60 Å². The Morgan fingerprint density at radius 3 is 2.75 bits per heavy atom. The normalized spacial score (nSPS) is 17.1. The van der Waals surface area contributed by atoms with E-state index in [4.69, 9.17) is 4.74 Å². The van der Waals surface area contributed by atoms with Crippen LogP contribution in [-0.2, 0) is 9.53 Å². The molecule has 92 valence electrons. The van der Waals surface area contributed by atoms with Crippen LogP contribution in [0.25, 0.3) is 0 Å². The lowest BCUT2D eigenvalue weighted by atomic mass is 9.93. The molecule has 0 radical (unpaired) electrons. The van der Waals surface area contributed by atoms with Crippen molar-refractivity contribution in [1.29, 1.82) is 0 Å². The minimum absolute atomic E-state index is 0.170. The Kier molecular flexibility index (Phi) is 5.20. The fourth-order valence-corrected chi connectivity index (χ4v) is 1.95. The van der Waals surface area contributed by atoms with Crippen molar-refractivity contribution in [3.8, 4) is 0 Å². The highest BCUT2D eigenvalue weighted by molar-refractivity contribution is 5.80. The number of carbonyl (C=O) groups excluding carboxylic acids is 1. The van der Waals surface area contributed by atoms with Crippen LogP contribution in [0.2, 0.25) is 0 Å². The molecule has 0 heterocycles. The maximum atomic E-state index is 11.8. The lowest BCUT2D eigenvalue weighted by Crippen LogP contribution is -2.23. The average molecular weight is 224 g/mol. The summed E-state index contributed by atoms with van der Waals surface area (Å²) in [6.07, 6.45) is 9.19. The molecule has 0 spiro atoms. The van der Waals surface area contributed by atoms with E-state index in [1.807, 2.05) is 13.8 Å². The molecule has 1 aliphatic carbocycles. The largest absolute Gasteiger partial charge is 0.379 e. The van der Waals surface area contributed by atoms with E-state index in [0.29, 0.717) is 18.6 Å². The van der Waals surface area contributed by atoms with Gasteiger partial charge in [0.15, 0.2) is 0 Å². The Labute approximate surface area is 99.1 Å². The monoisotopic (exact) mass is 224 g/mol. The zero-order chi connectivity index (χ0) is 12.0. The molecule has 0 aromatic carbocycles. The molecule has 0 atom stereocenters. The van der Waals surface area contributed by atoms with Gasteiger partial charge >= 0.3 is 0 Å². The Morgan fingerprint density at radius 1 is 1.44 bits per heavy atom. The summed E-state index contributed by atoms with van der Waals surface area (Å²) in [7, 11) is 1.70. The third-order valence-electron chi connectivity index (χ3n) is 3.37. The predicted octanol–water partition coefficient (Wildman–Crippen LogP) is 3.65. The van der Waals surface area contributed by atoms with Crippen LogP contribution in [0.5, 0.6) is 0 Å². The summed E-state index contributed by atoms with van der Waals surface area (Å²) in [5.41, 5.74) is 1.18. The van der Waals surface area contributed by atoms with Crippen molar-refractivity contribution >= 4 is 5.78 Å². The number of rotatable bonds is 6. The number of ketones is 1. The van der Waals surface area contributed by atoms with E-state index in [1.54, 1.807) is 7.11 Å². The van der Waals surface area contributed by atoms with E-state index in [9.17, 15) is 4.79 Å². The number of Topliss-reactive ketones (excluding diaryl/α,β-unsaturated/α-hetero) is 1. The molecular weight excluding hydrogens is 200 g/mol. The summed E-state index contributed by atoms with van der Waals surface area (Å²) >= 11 is 0. The van der Waals surface area contributed by atoms with Gasteiger partial charge in [0.25, 0.3) is 0 Å². The summed E-state index contributed by atoms with van der Waals surface area (Å²) in [5, 5.41) is 0. The Balaban J connectivity index is 2.28. The number of carbonyl (C=O) groups is 1. The molecule has 0 N–H and O–H groups in total. The van der Waals surface area contributed by atoms with Gasteiger partial charge in [-0.3, -0.25) is 4.79 Å². The van der Waals surface area contributed by atoms with E-state index in [1.165, 1.54) is 18.4 Å². The maximum Gasteiger partial charge on any atom is 0.137 e. The summed E-state index contributed by atoms with van der Waals surface area (Å²) in [4.78, 5) is 11.8. The Hall–Kier alpha value is -0.630. The highest BCUT2D eigenvalue weighted by Crippen LogP contribution is 2.22. The fourth-order valence-electron chi connectivity index (χ4n) is 1.95. The lowest BCUT2D eigenvalue weighted by molar-refractivity contribution is -0.119. The topological polar surface area (TPSA) is 26.3 Å². The molecule has 0 unspecified atom stereocenters. The molecule has 1 aliphatic rings. The quantitative estimate of drug-likeness (QED) is 0.644.